The Morgan fingerprint density at radius 1 is 1.06 bits per heavy atom. The monoisotopic (exact) mass is 424 g/mol. The molecule has 1 heterocycles. The highest BCUT2D eigenvalue weighted by atomic mass is 19.1. The summed E-state index contributed by atoms with van der Waals surface area (Å²) in [5.74, 6) is 0.575. The van der Waals surface area contributed by atoms with Gasteiger partial charge in [0.15, 0.2) is 0 Å². The minimum atomic E-state index is -0.311. The number of nitrogens with one attached hydrogen (secondary N) is 1. The molecule has 0 atom stereocenters. The summed E-state index contributed by atoms with van der Waals surface area (Å²) in [5.41, 5.74) is 3.08. The molecule has 3 rings (SSSR count). The van der Waals surface area contributed by atoms with Crippen LogP contribution in [0.3, 0.4) is 0 Å². The molecular weight excluding hydrogens is 395 g/mol. The number of carbonyl (C=O) groups excluding carboxylic acids is 1. The summed E-state index contributed by atoms with van der Waals surface area (Å²) in [6.07, 6.45) is 1.50. The van der Waals surface area contributed by atoms with Crippen molar-refractivity contribution in [1.29, 1.82) is 0 Å². The molecule has 1 N–H and O–H groups in total. The third kappa shape index (κ3) is 6.72. The molecular formula is C24H29FN4O2. The van der Waals surface area contributed by atoms with Crippen molar-refractivity contribution in [3.8, 4) is 11.4 Å². The van der Waals surface area contributed by atoms with Gasteiger partial charge in [0.25, 0.3) is 0 Å². The smallest absolute Gasteiger partial charge is 0.226 e. The molecule has 0 aliphatic carbocycles. The average Bonchev–Trinajstić information content (AvgIpc) is 3.26. The Kier molecular flexibility index (Phi) is 8.29. The van der Waals surface area contributed by atoms with Gasteiger partial charge in [-0.05, 0) is 54.9 Å². The van der Waals surface area contributed by atoms with Gasteiger partial charge in [0, 0.05) is 31.5 Å². The molecule has 164 valence electrons. The highest BCUT2D eigenvalue weighted by Crippen LogP contribution is 2.17. The topological polar surface area (TPSA) is 71.3 Å². The van der Waals surface area contributed by atoms with E-state index in [0.717, 1.165) is 25.2 Å². The van der Waals surface area contributed by atoms with Gasteiger partial charge in [-0.15, -0.1) is 0 Å². The largest absolute Gasteiger partial charge is 0.352 e. The Labute approximate surface area is 182 Å². The maximum Gasteiger partial charge on any atom is 0.226 e. The first kappa shape index (κ1) is 22.6. The molecule has 2 aromatic carbocycles. The normalized spacial score (nSPS) is 11.1. The Morgan fingerprint density at radius 3 is 2.48 bits per heavy atom. The number of hydrogen-bond donors (Lipinski definition) is 1. The van der Waals surface area contributed by atoms with Crippen molar-refractivity contribution in [3.63, 3.8) is 0 Å². The molecule has 7 heteroatoms. The van der Waals surface area contributed by atoms with Crippen LogP contribution in [0.5, 0.6) is 0 Å². The van der Waals surface area contributed by atoms with Crippen LogP contribution in [0.15, 0.2) is 53.1 Å². The second kappa shape index (κ2) is 11.4. The quantitative estimate of drug-likeness (QED) is 0.495. The van der Waals surface area contributed by atoms with Gasteiger partial charge in [-0.3, -0.25) is 9.69 Å². The fourth-order valence-corrected chi connectivity index (χ4v) is 3.33. The van der Waals surface area contributed by atoms with Crippen molar-refractivity contribution in [3.05, 3.63) is 71.4 Å². The van der Waals surface area contributed by atoms with Crippen molar-refractivity contribution < 1.29 is 13.7 Å². The lowest BCUT2D eigenvalue weighted by molar-refractivity contribution is -0.121. The highest BCUT2D eigenvalue weighted by Gasteiger charge is 2.11. The van der Waals surface area contributed by atoms with Crippen molar-refractivity contribution >= 4 is 5.91 Å². The second-order valence-corrected chi connectivity index (χ2v) is 7.38. The fourth-order valence-electron chi connectivity index (χ4n) is 3.33. The zero-order valence-corrected chi connectivity index (χ0v) is 18.1. The number of aryl methyl sites for hydroxylation is 1. The van der Waals surface area contributed by atoms with E-state index in [1.165, 1.54) is 17.7 Å². The standard InChI is InChI=1S/C24H29FN4O2/c1-3-29(4-2)17-20-9-6-5-8-19(20)16-26-22(30)10-7-11-23-27-24(28-31-23)18-12-14-21(25)15-13-18/h5-6,8-9,12-15H,3-4,7,10-11,16-17H2,1-2H3,(H,26,30). The summed E-state index contributed by atoms with van der Waals surface area (Å²) >= 11 is 0. The predicted molar refractivity (Wildman–Crippen MR) is 118 cm³/mol. The van der Waals surface area contributed by atoms with E-state index in [-0.39, 0.29) is 11.7 Å². The molecule has 1 aromatic heterocycles. The Morgan fingerprint density at radius 2 is 1.77 bits per heavy atom. The summed E-state index contributed by atoms with van der Waals surface area (Å²) in [7, 11) is 0. The van der Waals surface area contributed by atoms with Crippen LogP contribution >= 0.6 is 0 Å². The maximum absolute atomic E-state index is 13.0. The molecule has 6 nitrogen and oxygen atoms in total. The number of amides is 1. The lowest BCUT2D eigenvalue weighted by Crippen LogP contribution is -2.26. The SMILES string of the molecule is CCN(CC)Cc1ccccc1CNC(=O)CCCc1nc(-c2ccc(F)cc2)no1. The van der Waals surface area contributed by atoms with Crippen molar-refractivity contribution in [2.45, 2.75) is 46.2 Å². The summed E-state index contributed by atoms with van der Waals surface area (Å²) < 4.78 is 18.3. The number of aromatic nitrogens is 2. The fraction of sp³-hybridized carbons (Fsp3) is 0.375. The van der Waals surface area contributed by atoms with Crippen LogP contribution < -0.4 is 5.32 Å². The van der Waals surface area contributed by atoms with Gasteiger partial charge >= 0.3 is 0 Å². The van der Waals surface area contributed by atoms with Crippen LogP contribution in [0, 0.1) is 5.82 Å². The van der Waals surface area contributed by atoms with Crippen LogP contribution in [0.25, 0.3) is 11.4 Å². The molecule has 0 bridgehead atoms. The maximum atomic E-state index is 13.0. The number of rotatable bonds is 11. The highest BCUT2D eigenvalue weighted by molar-refractivity contribution is 5.75. The third-order valence-electron chi connectivity index (χ3n) is 5.25. The van der Waals surface area contributed by atoms with Gasteiger partial charge in [-0.25, -0.2) is 4.39 Å². The van der Waals surface area contributed by atoms with Crippen LogP contribution in [-0.4, -0.2) is 34.0 Å². The second-order valence-electron chi connectivity index (χ2n) is 7.38. The first-order chi connectivity index (χ1) is 15.1. The summed E-state index contributed by atoms with van der Waals surface area (Å²) in [6.45, 7) is 7.70. The van der Waals surface area contributed by atoms with Crippen LogP contribution in [0.2, 0.25) is 0 Å². The van der Waals surface area contributed by atoms with E-state index in [2.05, 4.69) is 46.3 Å². The van der Waals surface area contributed by atoms with E-state index >= 15 is 0 Å². The van der Waals surface area contributed by atoms with Gasteiger partial charge in [0.1, 0.15) is 5.82 Å². The number of halogens is 1. The minimum absolute atomic E-state index is 0.00378. The lowest BCUT2D eigenvalue weighted by atomic mass is 10.1. The van der Waals surface area contributed by atoms with Gasteiger partial charge in [0.2, 0.25) is 17.6 Å². The number of carbonyl (C=O) groups is 1. The van der Waals surface area contributed by atoms with Crippen LogP contribution in [-0.2, 0) is 24.3 Å². The molecule has 0 aliphatic heterocycles. The molecule has 3 aromatic rings. The van der Waals surface area contributed by atoms with Crippen molar-refractivity contribution in [2.75, 3.05) is 13.1 Å². The van der Waals surface area contributed by atoms with E-state index in [4.69, 9.17) is 4.52 Å². The first-order valence-corrected chi connectivity index (χ1v) is 10.7. The molecule has 0 saturated heterocycles. The van der Waals surface area contributed by atoms with E-state index in [9.17, 15) is 9.18 Å². The minimum Gasteiger partial charge on any atom is -0.352 e. The van der Waals surface area contributed by atoms with Crippen molar-refractivity contribution in [2.24, 2.45) is 0 Å². The Balaban J connectivity index is 1.45. The molecule has 1 amide bonds. The Hall–Kier alpha value is -3.06. The first-order valence-electron chi connectivity index (χ1n) is 10.7. The molecule has 0 unspecified atom stereocenters. The molecule has 31 heavy (non-hydrogen) atoms. The molecule has 0 aliphatic rings. The molecule has 0 fully saturated rings. The van der Waals surface area contributed by atoms with E-state index in [1.807, 2.05) is 12.1 Å². The van der Waals surface area contributed by atoms with Gasteiger partial charge in [-0.1, -0.05) is 43.3 Å². The van der Waals surface area contributed by atoms with Gasteiger partial charge < -0.3 is 9.84 Å². The number of nitrogens with zero attached hydrogens (tertiary/aromatic N) is 3. The lowest BCUT2D eigenvalue weighted by Gasteiger charge is -2.20. The molecule has 0 saturated carbocycles. The molecule has 0 radical (unpaired) electrons. The van der Waals surface area contributed by atoms with Crippen LogP contribution in [0.4, 0.5) is 4.39 Å². The van der Waals surface area contributed by atoms with Crippen molar-refractivity contribution in [1.82, 2.24) is 20.4 Å². The third-order valence-corrected chi connectivity index (χ3v) is 5.25. The Bertz CT molecular complexity index is 968. The summed E-state index contributed by atoms with van der Waals surface area (Å²) in [4.78, 5) is 19.0. The van der Waals surface area contributed by atoms with E-state index in [0.29, 0.717) is 43.1 Å². The zero-order chi connectivity index (χ0) is 22.1. The number of benzene rings is 2. The van der Waals surface area contributed by atoms with Gasteiger partial charge in [-0.2, -0.15) is 4.98 Å². The predicted octanol–water partition coefficient (Wildman–Crippen LogP) is 4.36. The molecule has 0 spiro atoms. The zero-order valence-electron chi connectivity index (χ0n) is 18.1. The summed E-state index contributed by atoms with van der Waals surface area (Å²) in [5, 5.41) is 6.94. The van der Waals surface area contributed by atoms with E-state index in [1.54, 1.807) is 12.1 Å². The number of hydrogen-bond acceptors (Lipinski definition) is 5. The van der Waals surface area contributed by atoms with Crippen LogP contribution in [0.1, 0.15) is 43.7 Å². The van der Waals surface area contributed by atoms with Gasteiger partial charge in [0.05, 0.1) is 0 Å². The average molecular weight is 425 g/mol. The van der Waals surface area contributed by atoms with E-state index < -0.39 is 0 Å². The summed E-state index contributed by atoms with van der Waals surface area (Å²) in [6, 6.07) is 14.1.